The minimum atomic E-state index is -3.72. The molecule has 1 saturated carbocycles. The van der Waals surface area contributed by atoms with Crippen molar-refractivity contribution in [3.8, 4) is 0 Å². The van der Waals surface area contributed by atoms with Crippen LogP contribution < -0.4 is 10.0 Å². The highest BCUT2D eigenvalue weighted by Gasteiger charge is 2.51. The number of nitrogens with one attached hydrogen (secondary N) is 2. The third-order valence-electron chi connectivity index (χ3n) is 6.02. The van der Waals surface area contributed by atoms with Crippen molar-refractivity contribution < 1.29 is 13.2 Å². The van der Waals surface area contributed by atoms with Crippen molar-refractivity contribution in [3.63, 3.8) is 0 Å². The molecule has 6 nitrogen and oxygen atoms in total. The minimum Gasteiger partial charge on any atom is -0.325 e. The Balaban J connectivity index is 1.50. The van der Waals surface area contributed by atoms with Crippen LogP contribution in [0, 0.1) is 0 Å². The maximum atomic E-state index is 13.1. The van der Waals surface area contributed by atoms with E-state index in [4.69, 9.17) is 0 Å². The van der Waals surface area contributed by atoms with Crippen molar-refractivity contribution in [1.29, 1.82) is 0 Å². The first-order valence-electron chi connectivity index (χ1n) is 10.7. The highest BCUT2D eigenvalue weighted by atomic mass is 32.2. The third-order valence-corrected chi connectivity index (χ3v) is 7.40. The Morgan fingerprint density at radius 1 is 1.06 bits per heavy atom. The predicted octanol–water partition coefficient (Wildman–Crippen LogP) is 4.13. The molecule has 2 N–H and O–H groups in total. The van der Waals surface area contributed by atoms with Crippen molar-refractivity contribution in [2.24, 2.45) is 4.99 Å². The van der Waals surface area contributed by atoms with Crippen LogP contribution in [0.15, 0.2) is 58.4 Å². The molecule has 0 aromatic heterocycles. The summed E-state index contributed by atoms with van der Waals surface area (Å²) in [6.45, 7) is 7.14. The fraction of sp³-hybridized carbons (Fsp3) is 0.417. The second-order valence-corrected chi connectivity index (χ2v) is 11.1. The molecule has 0 spiro atoms. The van der Waals surface area contributed by atoms with Crippen LogP contribution in [0.1, 0.15) is 57.6 Å². The smallest absolute Gasteiger partial charge is 0.262 e. The van der Waals surface area contributed by atoms with Crippen LogP contribution in [0.25, 0.3) is 0 Å². The first kappa shape index (κ1) is 21.6. The summed E-state index contributed by atoms with van der Waals surface area (Å²) in [6.07, 6.45) is 3.05. The number of amidine groups is 1. The normalized spacial score (nSPS) is 17.7. The fourth-order valence-electron chi connectivity index (χ4n) is 3.89. The lowest BCUT2D eigenvalue weighted by atomic mass is 9.85. The number of aliphatic imine (C=N–C) groups is 1. The third kappa shape index (κ3) is 4.51. The molecule has 4 rings (SSSR count). The van der Waals surface area contributed by atoms with Gasteiger partial charge in [-0.3, -0.25) is 14.5 Å². The molecule has 1 amide bonds. The maximum absolute atomic E-state index is 13.1. The SMILES string of the molecule is CC(C)(C)c1ccc(C2(C(=O)Nc3cccc(S(=O)(=O)NC4=NCCC4)c3)CC2)cc1. The lowest BCUT2D eigenvalue weighted by Gasteiger charge is -2.21. The van der Waals surface area contributed by atoms with Crippen molar-refractivity contribution in [1.82, 2.24) is 4.72 Å². The summed E-state index contributed by atoms with van der Waals surface area (Å²) in [6, 6.07) is 14.6. The largest absolute Gasteiger partial charge is 0.325 e. The number of carbonyl (C=O) groups excluding carboxylic acids is 1. The molecule has 164 valence electrons. The summed E-state index contributed by atoms with van der Waals surface area (Å²) < 4.78 is 27.9. The number of amides is 1. The van der Waals surface area contributed by atoms with E-state index in [1.54, 1.807) is 12.1 Å². The Morgan fingerprint density at radius 2 is 1.77 bits per heavy atom. The van der Waals surface area contributed by atoms with E-state index in [1.807, 2.05) is 12.1 Å². The number of sulfonamides is 1. The average molecular weight is 440 g/mol. The first-order chi connectivity index (χ1) is 14.6. The molecular formula is C24H29N3O3S. The van der Waals surface area contributed by atoms with Gasteiger partial charge in [-0.1, -0.05) is 51.1 Å². The predicted molar refractivity (Wildman–Crippen MR) is 123 cm³/mol. The highest BCUT2D eigenvalue weighted by molar-refractivity contribution is 7.90. The van der Waals surface area contributed by atoms with Gasteiger partial charge in [0.1, 0.15) is 5.84 Å². The van der Waals surface area contributed by atoms with Gasteiger partial charge in [0.15, 0.2) is 0 Å². The summed E-state index contributed by atoms with van der Waals surface area (Å²) >= 11 is 0. The van der Waals surface area contributed by atoms with Crippen LogP contribution in [-0.2, 0) is 25.6 Å². The van der Waals surface area contributed by atoms with Crippen LogP contribution in [0.2, 0.25) is 0 Å². The van der Waals surface area contributed by atoms with Crippen molar-refractivity contribution in [2.75, 3.05) is 11.9 Å². The zero-order valence-electron chi connectivity index (χ0n) is 18.2. The van der Waals surface area contributed by atoms with Gasteiger partial charge < -0.3 is 5.32 Å². The molecule has 0 bridgehead atoms. The fourth-order valence-corrected chi connectivity index (χ4v) is 5.02. The van der Waals surface area contributed by atoms with Gasteiger partial charge in [0.05, 0.1) is 10.3 Å². The van der Waals surface area contributed by atoms with Gasteiger partial charge in [-0.15, -0.1) is 0 Å². The number of rotatable bonds is 5. The molecule has 0 radical (unpaired) electrons. The van der Waals surface area contributed by atoms with Gasteiger partial charge in [0.2, 0.25) is 5.91 Å². The van der Waals surface area contributed by atoms with E-state index in [0.29, 0.717) is 24.5 Å². The molecule has 1 aliphatic carbocycles. The molecule has 7 heteroatoms. The van der Waals surface area contributed by atoms with Gasteiger partial charge in [-0.05, 0) is 54.0 Å². The quantitative estimate of drug-likeness (QED) is 0.734. The van der Waals surface area contributed by atoms with E-state index >= 15 is 0 Å². The van der Waals surface area contributed by atoms with Crippen LogP contribution in [0.3, 0.4) is 0 Å². The second-order valence-electron chi connectivity index (χ2n) is 9.43. The Labute approximate surface area is 184 Å². The van der Waals surface area contributed by atoms with Gasteiger partial charge in [-0.2, -0.15) is 0 Å². The molecule has 1 fully saturated rings. The van der Waals surface area contributed by atoms with E-state index in [9.17, 15) is 13.2 Å². The summed E-state index contributed by atoms with van der Waals surface area (Å²) in [5, 5.41) is 2.93. The monoisotopic (exact) mass is 439 g/mol. The zero-order valence-corrected chi connectivity index (χ0v) is 19.1. The number of hydrogen-bond acceptors (Lipinski definition) is 4. The Bertz CT molecular complexity index is 1130. The van der Waals surface area contributed by atoms with Crippen LogP contribution in [0.4, 0.5) is 5.69 Å². The molecule has 0 atom stereocenters. The molecular weight excluding hydrogens is 410 g/mol. The number of anilines is 1. The van der Waals surface area contributed by atoms with E-state index in [1.165, 1.54) is 17.7 Å². The van der Waals surface area contributed by atoms with Gasteiger partial charge in [0.25, 0.3) is 10.0 Å². The molecule has 31 heavy (non-hydrogen) atoms. The van der Waals surface area contributed by atoms with Gasteiger partial charge in [0, 0.05) is 18.7 Å². The molecule has 0 saturated heterocycles. The van der Waals surface area contributed by atoms with Crippen molar-refractivity contribution >= 4 is 27.5 Å². The maximum Gasteiger partial charge on any atom is 0.262 e. The number of nitrogens with zero attached hydrogens (tertiary/aromatic N) is 1. The number of hydrogen-bond donors (Lipinski definition) is 2. The second kappa shape index (κ2) is 7.79. The molecule has 2 aromatic rings. The topological polar surface area (TPSA) is 87.6 Å². The van der Waals surface area contributed by atoms with Crippen LogP contribution >= 0.6 is 0 Å². The summed E-state index contributed by atoms with van der Waals surface area (Å²) in [4.78, 5) is 17.4. The average Bonchev–Trinajstić information content (AvgIpc) is 3.39. The lowest BCUT2D eigenvalue weighted by molar-refractivity contribution is -0.118. The van der Waals surface area contributed by atoms with Crippen molar-refractivity contribution in [2.45, 2.75) is 62.2 Å². The minimum absolute atomic E-state index is 0.0571. The Kier molecular flexibility index (Phi) is 5.41. The van der Waals surface area contributed by atoms with Crippen LogP contribution in [0.5, 0.6) is 0 Å². The first-order valence-corrected chi connectivity index (χ1v) is 12.2. The summed E-state index contributed by atoms with van der Waals surface area (Å²) in [5.41, 5.74) is 2.22. The Hall–Kier alpha value is -2.67. The van der Waals surface area contributed by atoms with Crippen LogP contribution in [-0.4, -0.2) is 26.7 Å². The standard InChI is InChI=1S/C24H29N3O3S/c1-23(2,3)17-9-11-18(12-10-17)24(13-14-24)22(28)26-19-6-4-7-20(16-19)31(29,30)27-21-8-5-15-25-21/h4,6-7,9-12,16H,5,8,13-15H2,1-3H3,(H,25,27)(H,26,28). The number of benzene rings is 2. The molecule has 1 aliphatic heterocycles. The molecule has 2 aromatic carbocycles. The lowest BCUT2D eigenvalue weighted by Crippen LogP contribution is -2.30. The van der Waals surface area contributed by atoms with E-state index in [-0.39, 0.29) is 16.2 Å². The van der Waals surface area contributed by atoms with Gasteiger partial charge in [-0.25, -0.2) is 8.42 Å². The Morgan fingerprint density at radius 3 is 2.35 bits per heavy atom. The molecule has 0 unspecified atom stereocenters. The van der Waals surface area contributed by atoms with Gasteiger partial charge >= 0.3 is 0 Å². The number of carbonyl (C=O) groups is 1. The van der Waals surface area contributed by atoms with E-state index < -0.39 is 15.4 Å². The zero-order chi connectivity index (χ0) is 22.3. The van der Waals surface area contributed by atoms with E-state index in [0.717, 1.165) is 24.8 Å². The summed E-state index contributed by atoms with van der Waals surface area (Å²) in [7, 11) is -3.72. The molecule has 2 aliphatic rings. The van der Waals surface area contributed by atoms with Crippen molar-refractivity contribution in [3.05, 3.63) is 59.7 Å². The summed E-state index contributed by atoms with van der Waals surface area (Å²) in [5.74, 6) is 0.392. The highest BCUT2D eigenvalue weighted by Crippen LogP contribution is 2.49. The molecule has 1 heterocycles. The van der Waals surface area contributed by atoms with E-state index in [2.05, 4.69) is 47.9 Å².